The van der Waals surface area contributed by atoms with Crippen LogP contribution in [0.15, 0.2) is 0 Å². The third-order valence-electron chi connectivity index (χ3n) is 3.79. The van der Waals surface area contributed by atoms with Crippen LogP contribution in [0.3, 0.4) is 0 Å². The Morgan fingerprint density at radius 3 is 2.44 bits per heavy atom. The number of methoxy groups -OCH3 is 1. The summed E-state index contributed by atoms with van der Waals surface area (Å²) in [4.78, 5) is 14.0. The minimum atomic E-state index is -0.0575. The van der Waals surface area contributed by atoms with Crippen molar-refractivity contribution in [3.63, 3.8) is 0 Å². The fourth-order valence-electron chi connectivity index (χ4n) is 2.18. The molecular formula is C14H27NO3. The average molecular weight is 257 g/mol. The molecule has 0 aromatic rings. The SMILES string of the molecule is CCOC(=O)C1CCN(CCC(C)(C)OC)CC1. The molecule has 0 radical (unpaired) electrons. The van der Waals surface area contributed by atoms with Crippen molar-refractivity contribution < 1.29 is 14.3 Å². The second kappa shape index (κ2) is 7.10. The molecule has 106 valence electrons. The van der Waals surface area contributed by atoms with E-state index in [0.29, 0.717) is 6.61 Å². The van der Waals surface area contributed by atoms with E-state index in [9.17, 15) is 4.79 Å². The van der Waals surface area contributed by atoms with Gasteiger partial charge in [0.25, 0.3) is 0 Å². The lowest BCUT2D eigenvalue weighted by Crippen LogP contribution is -2.39. The van der Waals surface area contributed by atoms with E-state index in [1.807, 2.05) is 6.92 Å². The maximum Gasteiger partial charge on any atom is 0.309 e. The van der Waals surface area contributed by atoms with Gasteiger partial charge >= 0.3 is 5.97 Å². The lowest BCUT2D eigenvalue weighted by atomic mass is 9.96. The van der Waals surface area contributed by atoms with Crippen LogP contribution in [0.5, 0.6) is 0 Å². The number of piperidine rings is 1. The minimum absolute atomic E-state index is 0.0191. The van der Waals surface area contributed by atoms with Gasteiger partial charge in [-0.05, 0) is 53.1 Å². The van der Waals surface area contributed by atoms with Crippen LogP contribution >= 0.6 is 0 Å². The molecule has 0 unspecified atom stereocenters. The number of likely N-dealkylation sites (tertiary alicyclic amines) is 1. The van der Waals surface area contributed by atoms with Crippen molar-refractivity contribution in [1.29, 1.82) is 0 Å². The zero-order chi connectivity index (χ0) is 13.6. The fourth-order valence-corrected chi connectivity index (χ4v) is 2.18. The van der Waals surface area contributed by atoms with Crippen molar-refractivity contribution in [2.24, 2.45) is 5.92 Å². The van der Waals surface area contributed by atoms with Crippen LogP contribution in [0.1, 0.15) is 40.0 Å². The summed E-state index contributed by atoms with van der Waals surface area (Å²) in [6, 6.07) is 0. The quantitative estimate of drug-likeness (QED) is 0.683. The monoisotopic (exact) mass is 257 g/mol. The highest BCUT2D eigenvalue weighted by molar-refractivity contribution is 5.72. The summed E-state index contributed by atoms with van der Waals surface area (Å²) < 4.78 is 10.5. The number of esters is 1. The predicted octanol–water partition coefficient (Wildman–Crippen LogP) is 2.08. The van der Waals surface area contributed by atoms with Gasteiger partial charge in [-0.1, -0.05) is 0 Å². The molecule has 1 aliphatic rings. The highest BCUT2D eigenvalue weighted by atomic mass is 16.5. The van der Waals surface area contributed by atoms with E-state index >= 15 is 0 Å². The molecule has 0 atom stereocenters. The summed E-state index contributed by atoms with van der Waals surface area (Å²) >= 11 is 0. The third kappa shape index (κ3) is 4.94. The van der Waals surface area contributed by atoms with Crippen LogP contribution in [-0.2, 0) is 14.3 Å². The first-order valence-electron chi connectivity index (χ1n) is 6.92. The van der Waals surface area contributed by atoms with Crippen LogP contribution in [-0.4, -0.2) is 49.8 Å². The first-order valence-corrected chi connectivity index (χ1v) is 6.92. The summed E-state index contributed by atoms with van der Waals surface area (Å²) in [6.07, 6.45) is 2.87. The molecule has 0 spiro atoms. The number of hydrogen-bond donors (Lipinski definition) is 0. The first kappa shape index (κ1) is 15.4. The van der Waals surface area contributed by atoms with E-state index in [-0.39, 0.29) is 17.5 Å². The lowest BCUT2D eigenvalue weighted by molar-refractivity contribution is -0.149. The molecule has 4 nitrogen and oxygen atoms in total. The Bertz CT molecular complexity index is 258. The Balaban J connectivity index is 2.25. The Morgan fingerprint density at radius 1 is 1.33 bits per heavy atom. The molecule has 0 aliphatic carbocycles. The van der Waals surface area contributed by atoms with Gasteiger partial charge in [0, 0.05) is 13.7 Å². The Hall–Kier alpha value is -0.610. The number of ether oxygens (including phenoxy) is 2. The largest absolute Gasteiger partial charge is 0.466 e. The van der Waals surface area contributed by atoms with Crippen LogP contribution < -0.4 is 0 Å². The van der Waals surface area contributed by atoms with Gasteiger partial charge in [0.1, 0.15) is 0 Å². The predicted molar refractivity (Wildman–Crippen MR) is 71.5 cm³/mol. The second-order valence-electron chi connectivity index (χ2n) is 5.58. The van der Waals surface area contributed by atoms with Gasteiger partial charge in [0.15, 0.2) is 0 Å². The minimum Gasteiger partial charge on any atom is -0.466 e. The van der Waals surface area contributed by atoms with E-state index in [1.54, 1.807) is 7.11 Å². The Labute approximate surface area is 111 Å². The van der Waals surface area contributed by atoms with Crippen molar-refractivity contribution in [2.75, 3.05) is 33.4 Å². The van der Waals surface area contributed by atoms with Gasteiger partial charge in [-0.25, -0.2) is 0 Å². The molecule has 4 heteroatoms. The normalized spacial score (nSPS) is 18.9. The molecule has 0 bridgehead atoms. The topological polar surface area (TPSA) is 38.8 Å². The van der Waals surface area contributed by atoms with Crippen LogP contribution in [0.4, 0.5) is 0 Å². The number of hydrogen-bond acceptors (Lipinski definition) is 4. The molecule has 0 N–H and O–H groups in total. The van der Waals surface area contributed by atoms with Gasteiger partial charge in [-0.2, -0.15) is 0 Å². The van der Waals surface area contributed by atoms with Gasteiger partial charge in [0.2, 0.25) is 0 Å². The van der Waals surface area contributed by atoms with E-state index < -0.39 is 0 Å². The molecule has 0 aromatic heterocycles. The summed E-state index contributed by atoms with van der Waals surface area (Å²) in [5, 5.41) is 0. The maximum absolute atomic E-state index is 11.6. The van der Waals surface area contributed by atoms with Gasteiger partial charge in [0.05, 0.1) is 18.1 Å². The standard InChI is InChI=1S/C14H27NO3/c1-5-18-13(16)12-6-9-15(10-7-12)11-8-14(2,3)17-4/h12H,5-11H2,1-4H3. The van der Waals surface area contributed by atoms with Gasteiger partial charge in [-0.15, -0.1) is 0 Å². The van der Waals surface area contributed by atoms with Crippen LogP contribution in [0, 0.1) is 5.92 Å². The summed E-state index contributed by atoms with van der Waals surface area (Å²) in [7, 11) is 1.76. The van der Waals surface area contributed by atoms with Crippen molar-refractivity contribution in [1.82, 2.24) is 4.90 Å². The van der Waals surface area contributed by atoms with E-state index in [4.69, 9.17) is 9.47 Å². The number of carbonyl (C=O) groups excluding carboxylic acids is 1. The zero-order valence-corrected chi connectivity index (χ0v) is 12.2. The van der Waals surface area contributed by atoms with Crippen LogP contribution in [0.2, 0.25) is 0 Å². The van der Waals surface area contributed by atoms with E-state index in [1.165, 1.54) is 0 Å². The molecule has 1 rings (SSSR count). The van der Waals surface area contributed by atoms with E-state index in [0.717, 1.165) is 38.9 Å². The maximum atomic E-state index is 11.6. The Morgan fingerprint density at radius 2 is 1.94 bits per heavy atom. The molecule has 0 amide bonds. The first-order chi connectivity index (χ1) is 8.48. The van der Waals surface area contributed by atoms with Crippen LogP contribution in [0.25, 0.3) is 0 Å². The molecule has 1 saturated heterocycles. The Kier molecular flexibility index (Phi) is 6.09. The summed E-state index contributed by atoms with van der Waals surface area (Å²) in [5.74, 6) is 0.0889. The number of nitrogens with zero attached hydrogens (tertiary/aromatic N) is 1. The summed E-state index contributed by atoms with van der Waals surface area (Å²) in [6.45, 7) is 9.58. The smallest absolute Gasteiger partial charge is 0.309 e. The average Bonchev–Trinajstić information content (AvgIpc) is 2.37. The second-order valence-corrected chi connectivity index (χ2v) is 5.58. The van der Waals surface area contributed by atoms with Gasteiger partial charge in [-0.3, -0.25) is 4.79 Å². The molecule has 1 aliphatic heterocycles. The number of rotatable bonds is 6. The zero-order valence-electron chi connectivity index (χ0n) is 12.2. The van der Waals surface area contributed by atoms with Crippen molar-refractivity contribution in [3.05, 3.63) is 0 Å². The van der Waals surface area contributed by atoms with Crippen molar-refractivity contribution in [3.8, 4) is 0 Å². The molecular weight excluding hydrogens is 230 g/mol. The molecule has 0 saturated carbocycles. The van der Waals surface area contributed by atoms with Crippen molar-refractivity contribution >= 4 is 5.97 Å². The van der Waals surface area contributed by atoms with Gasteiger partial charge < -0.3 is 14.4 Å². The molecule has 0 aromatic carbocycles. The third-order valence-corrected chi connectivity index (χ3v) is 3.79. The molecule has 1 heterocycles. The molecule has 18 heavy (non-hydrogen) atoms. The fraction of sp³-hybridized carbons (Fsp3) is 0.929. The highest BCUT2D eigenvalue weighted by Crippen LogP contribution is 2.20. The molecule has 1 fully saturated rings. The summed E-state index contributed by atoms with van der Waals surface area (Å²) in [5.41, 5.74) is -0.0575. The lowest BCUT2D eigenvalue weighted by Gasteiger charge is -2.33. The van der Waals surface area contributed by atoms with Crippen molar-refractivity contribution in [2.45, 2.75) is 45.6 Å². The van der Waals surface area contributed by atoms with E-state index in [2.05, 4.69) is 18.7 Å². The number of carbonyl (C=O) groups is 1. The highest BCUT2D eigenvalue weighted by Gasteiger charge is 2.27.